The maximum Gasteiger partial charge on any atom is 0.233 e. The molecule has 3 rings (SSSR count). The minimum atomic E-state index is -0.414. The molecule has 1 aromatic rings. The number of imide groups is 1. The second kappa shape index (κ2) is 4.12. The molecule has 2 atom stereocenters. The second-order valence-corrected chi connectivity index (χ2v) is 6.17. The van der Waals surface area contributed by atoms with E-state index < -0.39 is 5.82 Å². The largest absolute Gasteiger partial charge is 0.326 e. The van der Waals surface area contributed by atoms with Gasteiger partial charge in [-0.1, -0.05) is 19.9 Å². The van der Waals surface area contributed by atoms with E-state index in [1.807, 2.05) is 13.8 Å². The molecule has 1 saturated carbocycles. The first kappa shape index (κ1) is 13.2. The highest BCUT2D eigenvalue weighted by Gasteiger charge is 2.72. The van der Waals surface area contributed by atoms with Crippen LogP contribution >= 0.6 is 0 Å². The summed E-state index contributed by atoms with van der Waals surface area (Å²) in [6.07, 6.45) is 0. The highest BCUT2D eigenvalue weighted by Crippen LogP contribution is 2.63. The number of carbonyl (C=O) groups is 2. The van der Waals surface area contributed by atoms with E-state index in [0.717, 1.165) is 5.56 Å². The fourth-order valence-electron chi connectivity index (χ4n) is 3.21. The second-order valence-electron chi connectivity index (χ2n) is 6.17. The third-order valence-electron chi connectivity index (χ3n) is 4.57. The maximum absolute atomic E-state index is 13.8. The molecule has 0 aromatic heterocycles. The molecular formula is C15H17FN2O2. The predicted octanol–water partition coefficient (Wildman–Crippen LogP) is 1.43. The van der Waals surface area contributed by atoms with E-state index in [2.05, 4.69) is 0 Å². The third-order valence-corrected chi connectivity index (χ3v) is 4.57. The lowest BCUT2D eigenvalue weighted by molar-refractivity contribution is -0.143. The van der Waals surface area contributed by atoms with E-state index in [0.29, 0.717) is 12.1 Å². The molecule has 5 heteroatoms. The van der Waals surface area contributed by atoms with Crippen molar-refractivity contribution in [1.82, 2.24) is 4.90 Å². The van der Waals surface area contributed by atoms with Gasteiger partial charge in [0.25, 0.3) is 0 Å². The molecule has 0 bridgehead atoms. The molecule has 1 aliphatic heterocycles. The topological polar surface area (TPSA) is 63.4 Å². The molecule has 106 valence electrons. The van der Waals surface area contributed by atoms with Crippen LogP contribution in [-0.4, -0.2) is 16.7 Å². The SMILES string of the molecule is CC1(C)C2C(=O)N(Cc3cc(CN)ccc3F)C(=O)C21. The smallest absolute Gasteiger partial charge is 0.233 e. The van der Waals surface area contributed by atoms with Crippen molar-refractivity contribution in [2.75, 3.05) is 0 Å². The first-order valence-corrected chi connectivity index (χ1v) is 6.70. The molecule has 0 radical (unpaired) electrons. The van der Waals surface area contributed by atoms with Gasteiger partial charge in [-0.3, -0.25) is 14.5 Å². The summed E-state index contributed by atoms with van der Waals surface area (Å²) in [5, 5.41) is 0. The van der Waals surface area contributed by atoms with Crippen LogP contribution in [0.5, 0.6) is 0 Å². The summed E-state index contributed by atoms with van der Waals surface area (Å²) in [7, 11) is 0. The first-order valence-electron chi connectivity index (χ1n) is 6.70. The van der Waals surface area contributed by atoms with Gasteiger partial charge in [0.2, 0.25) is 11.8 Å². The molecule has 4 nitrogen and oxygen atoms in total. The van der Waals surface area contributed by atoms with Crippen molar-refractivity contribution in [1.29, 1.82) is 0 Å². The Morgan fingerprint density at radius 2 is 1.85 bits per heavy atom. The van der Waals surface area contributed by atoms with Gasteiger partial charge in [0.05, 0.1) is 18.4 Å². The Morgan fingerprint density at radius 3 is 2.40 bits per heavy atom. The van der Waals surface area contributed by atoms with Gasteiger partial charge < -0.3 is 5.73 Å². The number of amides is 2. The molecule has 2 aliphatic rings. The molecule has 2 N–H and O–H groups in total. The molecule has 0 spiro atoms. The molecule has 20 heavy (non-hydrogen) atoms. The van der Waals surface area contributed by atoms with Gasteiger partial charge in [0, 0.05) is 12.1 Å². The minimum absolute atomic E-state index is 0.000417. The lowest BCUT2D eigenvalue weighted by Crippen LogP contribution is -2.36. The molecule has 1 aromatic carbocycles. The monoisotopic (exact) mass is 276 g/mol. The fourth-order valence-corrected chi connectivity index (χ4v) is 3.21. The Labute approximate surface area is 116 Å². The molecule has 2 fully saturated rings. The molecular weight excluding hydrogens is 259 g/mol. The van der Waals surface area contributed by atoms with Crippen molar-refractivity contribution in [2.24, 2.45) is 23.0 Å². The zero-order chi connectivity index (χ0) is 14.7. The number of benzene rings is 1. The summed E-state index contributed by atoms with van der Waals surface area (Å²) in [6, 6.07) is 4.55. The van der Waals surface area contributed by atoms with E-state index in [1.165, 1.54) is 11.0 Å². The number of nitrogens with zero attached hydrogens (tertiary/aromatic N) is 1. The Hall–Kier alpha value is -1.75. The number of fused-ring (bicyclic) bond motifs is 1. The molecule has 2 unspecified atom stereocenters. The van der Waals surface area contributed by atoms with E-state index in [9.17, 15) is 14.0 Å². The number of likely N-dealkylation sites (tertiary alicyclic amines) is 1. The zero-order valence-electron chi connectivity index (χ0n) is 11.5. The summed E-state index contributed by atoms with van der Waals surface area (Å²) in [4.78, 5) is 25.6. The standard InChI is InChI=1S/C15H17FN2O2/c1-15(2)11-12(15)14(20)18(13(11)19)7-9-5-8(6-17)3-4-10(9)16/h3-5,11-12H,6-7,17H2,1-2H3. The Kier molecular flexibility index (Phi) is 2.73. The molecule has 2 amide bonds. The predicted molar refractivity (Wildman–Crippen MR) is 70.6 cm³/mol. The summed E-state index contributed by atoms with van der Waals surface area (Å²) >= 11 is 0. The zero-order valence-corrected chi connectivity index (χ0v) is 11.5. The first-order chi connectivity index (χ1) is 9.37. The quantitative estimate of drug-likeness (QED) is 0.849. The minimum Gasteiger partial charge on any atom is -0.326 e. The van der Waals surface area contributed by atoms with Crippen LogP contribution in [0.25, 0.3) is 0 Å². The van der Waals surface area contributed by atoms with E-state index in [4.69, 9.17) is 5.73 Å². The average molecular weight is 276 g/mol. The van der Waals surface area contributed by atoms with Gasteiger partial charge in [0.15, 0.2) is 0 Å². The Balaban J connectivity index is 1.84. The van der Waals surface area contributed by atoms with Crippen LogP contribution in [0, 0.1) is 23.1 Å². The highest BCUT2D eigenvalue weighted by atomic mass is 19.1. The average Bonchev–Trinajstić information content (AvgIpc) is 2.88. The van der Waals surface area contributed by atoms with Crippen LogP contribution in [-0.2, 0) is 22.7 Å². The summed E-state index contributed by atoms with van der Waals surface area (Å²) < 4.78 is 13.8. The van der Waals surface area contributed by atoms with Crippen LogP contribution in [0.2, 0.25) is 0 Å². The number of nitrogens with two attached hydrogens (primary N) is 1. The van der Waals surface area contributed by atoms with Crippen LogP contribution in [0.1, 0.15) is 25.0 Å². The number of piperidine rings is 1. The molecule has 1 saturated heterocycles. The summed E-state index contributed by atoms with van der Waals surface area (Å²) in [5.74, 6) is -1.22. The summed E-state index contributed by atoms with van der Waals surface area (Å²) in [6.45, 7) is 4.14. The van der Waals surface area contributed by atoms with Crippen LogP contribution in [0.3, 0.4) is 0 Å². The van der Waals surface area contributed by atoms with Gasteiger partial charge >= 0.3 is 0 Å². The number of rotatable bonds is 3. The van der Waals surface area contributed by atoms with Crippen molar-refractivity contribution < 1.29 is 14.0 Å². The third kappa shape index (κ3) is 1.69. The maximum atomic E-state index is 13.8. The van der Waals surface area contributed by atoms with Gasteiger partial charge in [0.1, 0.15) is 5.82 Å². The molecule has 1 aliphatic carbocycles. The Morgan fingerprint density at radius 1 is 1.25 bits per heavy atom. The summed E-state index contributed by atoms with van der Waals surface area (Å²) in [5.41, 5.74) is 6.42. The van der Waals surface area contributed by atoms with Crippen molar-refractivity contribution in [3.05, 3.63) is 35.1 Å². The van der Waals surface area contributed by atoms with Gasteiger partial charge in [-0.25, -0.2) is 4.39 Å². The van der Waals surface area contributed by atoms with Gasteiger partial charge in [-0.05, 0) is 23.1 Å². The number of hydrogen-bond acceptors (Lipinski definition) is 3. The van der Waals surface area contributed by atoms with Crippen molar-refractivity contribution in [3.8, 4) is 0 Å². The number of halogens is 1. The van der Waals surface area contributed by atoms with E-state index in [1.54, 1.807) is 12.1 Å². The van der Waals surface area contributed by atoms with Crippen molar-refractivity contribution in [3.63, 3.8) is 0 Å². The highest BCUT2D eigenvalue weighted by molar-refractivity contribution is 6.10. The normalized spacial score (nSPS) is 26.9. The van der Waals surface area contributed by atoms with E-state index >= 15 is 0 Å². The van der Waals surface area contributed by atoms with Crippen LogP contribution < -0.4 is 5.73 Å². The van der Waals surface area contributed by atoms with Gasteiger partial charge in [-0.2, -0.15) is 0 Å². The Bertz CT molecular complexity index is 588. The fraction of sp³-hybridized carbons (Fsp3) is 0.467. The molecule has 1 heterocycles. The number of carbonyl (C=O) groups excluding carboxylic acids is 2. The van der Waals surface area contributed by atoms with E-state index in [-0.39, 0.29) is 35.6 Å². The van der Waals surface area contributed by atoms with Crippen LogP contribution in [0.4, 0.5) is 4.39 Å². The van der Waals surface area contributed by atoms with Crippen LogP contribution in [0.15, 0.2) is 18.2 Å². The number of hydrogen-bond donors (Lipinski definition) is 1. The lowest BCUT2D eigenvalue weighted by Gasteiger charge is -2.21. The van der Waals surface area contributed by atoms with Crippen molar-refractivity contribution >= 4 is 11.8 Å². The van der Waals surface area contributed by atoms with Gasteiger partial charge in [-0.15, -0.1) is 0 Å². The van der Waals surface area contributed by atoms with Crippen molar-refractivity contribution in [2.45, 2.75) is 26.9 Å². The lowest BCUT2D eigenvalue weighted by atomic mass is 10.0.